The first-order chi connectivity index (χ1) is 24.7. The summed E-state index contributed by atoms with van der Waals surface area (Å²) in [6, 6.07) is 57.4. The van der Waals surface area contributed by atoms with Gasteiger partial charge in [0.05, 0.1) is 22.6 Å². The minimum absolute atomic E-state index is 0.00593. The number of fused-ring (bicyclic) bond motifs is 6. The molecule has 1 aliphatic rings. The molecule has 0 bridgehead atoms. The number of rotatable bonds is 5. The fourth-order valence-electron chi connectivity index (χ4n) is 7.96. The average molecular weight is 663 g/mol. The SMILES string of the molecule is CN1C(c2ccccc2)C=C(c2ccccc2)NC1c1ccc(-n2c3ccc(-n4c5ccccc5c5ccccc54)cc3c3ccsc32)cc1. The Morgan fingerprint density at radius 1 is 0.520 bits per heavy atom. The number of nitrogens with one attached hydrogen (secondary N) is 1. The predicted octanol–water partition coefficient (Wildman–Crippen LogP) is 11.3. The fourth-order valence-corrected chi connectivity index (χ4v) is 8.90. The van der Waals surface area contributed by atoms with E-state index in [9.17, 15) is 0 Å². The van der Waals surface area contributed by atoms with Crippen LogP contribution in [0.2, 0.25) is 0 Å². The second-order valence-electron chi connectivity index (χ2n) is 13.2. The number of hydrogen-bond acceptors (Lipinski definition) is 3. The van der Waals surface area contributed by atoms with Crippen LogP contribution in [0.25, 0.3) is 60.0 Å². The van der Waals surface area contributed by atoms with Crippen LogP contribution in [-0.2, 0) is 0 Å². The maximum Gasteiger partial charge on any atom is 0.108 e. The third-order valence-corrected chi connectivity index (χ3v) is 11.3. The molecular weight excluding hydrogens is 629 g/mol. The van der Waals surface area contributed by atoms with Crippen LogP contribution in [0, 0.1) is 0 Å². The first-order valence-electron chi connectivity index (χ1n) is 17.1. The van der Waals surface area contributed by atoms with Gasteiger partial charge in [-0.15, -0.1) is 11.3 Å². The second kappa shape index (κ2) is 11.6. The van der Waals surface area contributed by atoms with E-state index < -0.39 is 0 Å². The normalized spacial score (nSPS) is 16.7. The lowest BCUT2D eigenvalue weighted by molar-refractivity contribution is 0.176. The molecule has 4 nitrogen and oxygen atoms in total. The molecule has 50 heavy (non-hydrogen) atoms. The summed E-state index contributed by atoms with van der Waals surface area (Å²) in [4.78, 5) is 3.69. The van der Waals surface area contributed by atoms with Gasteiger partial charge in [-0.25, -0.2) is 0 Å². The largest absolute Gasteiger partial charge is 0.366 e. The van der Waals surface area contributed by atoms with Gasteiger partial charge in [0, 0.05) is 38.6 Å². The van der Waals surface area contributed by atoms with Gasteiger partial charge in [0.1, 0.15) is 11.0 Å². The van der Waals surface area contributed by atoms with E-state index in [-0.39, 0.29) is 12.2 Å². The topological polar surface area (TPSA) is 25.1 Å². The predicted molar refractivity (Wildman–Crippen MR) is 210 cm³/mol. The number of hydrogen-bond donors (Lipinski definition) is 1. The Balaban J connectivity index is 1.05. The monoisotopic (exact) mass is 662 g/mol. The van der Waals surface area contributed by atoms with Gasteiger partial charge in [-0.05, 0) is 83.7 Å². The van der Waals surface area contributed by atoms with Crippen molar-refractivity contribution in [3.63, 3.8) is 0 Å². The van der Waals surface area contributed by atoms with Gasteiger partial charge in [-0.1, -0.05) is 109 Å². The van der Waals surface area contributed by atoms with E-state index >= 15 is 0 Å². The highest BCUT2D eigenvalue weighted by molar-refractivity contribution is 7.17. The Bertz CT molecular complexity index is 2640. The Hall–Kier alpha value is -5.88. The summed E-state index contributed by atoms with van der Waals surface area (Å²) in [5.74, 6) is 0. The molecule has 1 aliphatic heterocycles. The number of benzene rings is 6. The molecule has 0 saturated carbocycles. The lowest BCUT2D eigenvalue weighted by Crippen LogP contribution is -2.41. The zero-order valence-electron chi connectivity index (χ0n) is 27.6. The molecule has 6 aromatic carbocycles. The zero-order valence-corrected chi connectivity index (χ0v) is 28.4. The summed E-state index contributed by atoms with van der Waals surface area (Å²) in [5.41, 5.74) is 10.9. The molecule has 0 fully saturated rings. The molecule has 240 valence electrons. The number of thiophene rings is 1. The molecule has 0 amide bonds. The van der Waals surface area contributed by atoms with Crippen LogP contribution in [0.4, 0.5) is 0 Å². The summed E-state index contributed by atoms with van der Waals surface area (Å²) in [6.07, 6.45) is 2.36. The van der Waals surface area contributed by atoms with Crippen molar-refractivity contribution in [1.82, 2.24) is 19.4 Å². The van der Waals surface area contributed by atoms with Gasteiger partial charge in [0.2, 0.25) is 0 Å². The van der Waals surface area contributed by atoms with Crippen LogP contribution in [0.1, 0.15) is 28.9 Å². The molecule has 2 atom stereocenters. The summed E-state index contributed by atoms with van der Waals surface area (Å²) >= 11 is 1.80. The lowest BCUT2D eigenvalue weighted by Gasteiger charge is -2.40. The molecular formula is C45H34N4S. The van der Waals surface area contributed by atoms with Gasteiger partial charge < -0.3 is 14.5 Å². The summed E-state index contributed by atoms with van der Waals surface area (Å²) < 4.78 is 4.83. The molecule has 0 saturated heterocycles. The third-order valence-electron chi connectivity index (χ3n) is 10.4. The quantitative estimate of drug-likeness (QED) is 0.198. The van der Waals surface area contributed by atoms with E-state index in [4.69, 9.17) is 0 Å². The van der Waals surface area contributed by atoms with Crippen molar-refractivity contribution < 1.29 is 0 Å². The molecule has 1 N–H and O–H groups in total. The average Bonchev–Trinajstić information content (AvgIpc) is 3.87. The second-order valence-corrected chi connectivity index (χ2v) is 14.0. The standard InChI is InChI=1S/C45H34N4S/c1-47-43(31-14-6-3-7-15-31)29-39(30-12-4-2-5-13-30)46-44(47)32-20-22-33(23-21-32)49-42-25-24-34(28-38(42)37-26-27-50-45(37)49)48-40-18-10-8-16-35(40)36-17-9-11-19-41(36)48/h2-29,43-44,46H,1H3. The molecule has 9 aromatic rings. The van der Waals surface area contributed by atoms with Crippen molar-refractivity contribution in [1.29, 1.82) is 0 Å². The minimum atomic E-state index is 0.00593. The molecule has 10 rings (SSSR count). The Morgan fingerprint density at radius 2 is 1.14 bits per heavy atom. The minimum Gasteiger partial charge on any atom is -0.366 e. The lowest BCUT2D eigenvalue weighted by atomic mass is 9.97. The van der Waals surface area contributed by atoms with Crippen LogP contribution in [-0.4, -0.2) is 21.1 Å². The van der Waals surface area contributed by atoms with Gasteiger partial charge in [0.25, 0.3) is 0 Å². The van der Waals surface area contributed by atoms with Crippen molar-refractivity contribution in [2.45, 2.75) is 12.2 Å². The zero-order chi connectivity index (χ0) is 33.2. The summed E-state index contributed by atoms with van der Waals surface area (Å²) in [5, 5.41) is 11.2. The maximum atomic E-state index is 3.87. The van der Waals surface area contributed by atoms with Crippen LogP contribution >= 0.6 is 11.3 Å². The van der Waals surface area contributed by atoms with E-state index in [1.54, 1.807) is 11.3 Å². The van der Waals surface area contributed by atoms with Crippen LogP contribution < -0.4 is 5.32 Å². The van der Waals surface area contributed by atoms with Gasteiger partial charge in [-0.2, -0.15) is 0 Å². The van der Waals surface area contributed by atoms with Crippen molar-refractivity contribution in [3.8, 4) is 11.4 Å². The van der Waals surface area contributed by atoms with Crippen LogP contribution in [0.3, 0.4) is 0 Å². The Morgan fingerprint density at radius 3 is 1.86 bits per heavy atom. The molecule has 3 aromatic heterocycles. The van der Waals surface area contributed by atoms with E-state index in [1.807, 2.05) is 0 Å². The highest BCUT2D eigenvalue weighted by Crippen LogP contribution is 2.40. The maximum absolute atomic E-state index is 3.87. The number of likely N-dealkylation sites (N-methyl/N-ethyl adjacent to an activating group) is 1. The molecule has 0 radical (unpaired) electrons. The van der Waals surface area contributed by atoms with Crippen molar-refractivity contribution in [2.24, 2.45) is 0 Å². The first kappa shape index (κ1) is 29.1. The van der Waals surface area contributed by atoms with Crippen LogP contribution in [0.15, 0.2) is 169 Å². The van der Waals surface area contributed by atoms with Gasteiger partial charge in [-0.3, -0.25) is 4.90 Å². The summed E-state index contributed by atoms with van der Waals surface area (Å²) in [7, 11) is 2.21. The Kier molecular flexibility index (Phi) is 6.76. The molecule has 4 heterocycles. The van der Waals surface area contributed by atoms with Crippen molar-refractivity contribution in [2.75, 3.05) is 7.05 Å². The fraction of sp³-hybridized carbons (Fsp3) is 0.0667. The summed E-state index contributed by atoms with van der Waals surface area (Å²) in [6.45, 7) is 0. The molecule has 0 aliphatic carbocycles. The first-order valence-corrected chi connectivity index (χ1v) is 18.0. The van der Waals surface area contributed by atoms with Gasteiger partial charge >= 0.3 is 0 Å². The number of aromatic nitrogens is 2. The molecule has 5 heteroatoms. The highest BCUT2D eigenvalue weighted by atomic mass is 32.1. The number of para-hydroxylation sites is 2. The smallest absolute Gasteiger partial charge is 0.108 e. The van der Waals surface area contributed by atoms with Crippen molar-refractivity contribution >= 4 is 60.0 Å². The van der Waals surface area contributed by atoms with E-state index in [0.717, 1.165) is 11.4 Å². The van der Waals surface area contributed by atoms with E-state index in [1.165, 1.54) is 65.3 Å². The highest BCUT2D eigenvalue weighted by Gasteiger charge is 2.30. The van der Waals surface area contributed by atoms with Crippen LogP contribution in [0.5, 0.6) is 0 Å². The van der Waals surface area contributed by atoms with E-state index in [0.29, 0.717) is 0 Å². The number of nitrogens with zero attached hydrogens (tertiary/aromatic N) is 3. The molecule has 0 spiro atoms. The Labute approximate surface area is 294 Å². The van der Waals surface area contributed by atoms with E-state index in [2.05, 4.69) is 196 Å². The van der Waals surface area contributed by atoms with Crippen molar-refractivity contribution in [3.05, 3.63) is 186 Å². The van der Waals surface area contributed by atoms with Gasteiger partial charge in [0.15, 0.2) is 0 Å². The third kappa shape index (κ3) is 4.55. The molecule has 2 unspecified atom stereocenters.